The molecule has 1 atom stereocenters. The minimum absolute atomic E-state index is 0.105. The number of nitrogens with zero attached hydrogens (tertiary/aromatic N) is 1. The largest absolute Gasteiger partial charge is 0.293 e. The number of pyridine rings is 1. The van der Waals surface area contributed by atoms with Gasteiger partial charge in [0.15, 0.2) is 5.78 Å². The molecule has 0 radical (unpaired) electrons. The molecule has 0 fully saturated rings. The van der Waals surface area contributed by atoms with E-state index < -0.39 is 0 Å². The molecule has 0 spiro atoms. The summed E-state index contributed by atoms with van der Waals surface area (Å²) in [6, 6.07) is 10.8. The van der Waals surface area contributed by atoms with E-state index in [0.717, 1.165) is 4.90 Å². The van der Waals surface area contributed by atoms with Crippen LogP contribution in [0.25, 0.3) is 0 Å². The van der Waals surface area contributed by atoms with Crippen LogP contribution >= 0.6 is 23.4 Å². The summed E-state index contributed by atoms with van der Waals surface area (Å²) in [6.07, 6.45) is 3.45. The number of benzene rings is 1. The van der Waals surface area contributed by atoms with E-state index in [1.807, 2.05) is 19.1 Å². The van der Waals surface area contributed by atoms with Crippen molar-refractivity contribution in [2.24, 2.45) is 0 Å². The molecule has 1 unspecified atom stereocenters. The van der Waals surface area contributed by atoms with Crippen molar-refractivity contribution in [3.05, 3.63) is 59.4 Å². The number of ketones is 1. The molecule has 0 amide bonds. The Morgan fingerprint density at radius 1 is 1.17 bits per heavy atom. The van der Waals surface area contributed by atoms with Crippen molar-refractivity contribution < 1.29 is 4.79 Å². The van der Waals surface area contributed by atoms with Crippen LogP contribution in [0.1, 0.15) is 17.3 Å². The zero-order valence-electron chi connectivity index (χ0n) is 9.84. The quantitative estimate of drug-likeness (QED) is 0.623. The Morgan fingerprint density at radius 3 is 2.39 bits per heavy atom. The van der Waals surface area contributed by atoms with Crippen LogP contribution in [-0.2, 0) is 0 Å². The van der Waals surface area contributed by atoms with E-state index in [2.05, 4.69) is 4.98 Å². The fraction of sp³-hybridized carbons (Fsp3) is 0.143. The van der Waals surface area contributed by atoms with Crippen molar-refractivity contribution in [2.75, 3.05) is 0 Å². The highest BCUT2D eigenvalue weighted by atomic mass is 35.5. The first-order chi connectivity index (χ1) is 8.66. The van der Waals surface area contributed by atoms with E-state index in [4.69, 9.17) is 11.6 Å². The molecule has 0 aliphatic rings. The molecule has 2 nitrogen and oxygen atoms in total. The van der Waals surface area contributed by atoms with Crippen molar-refractivity contribution >= 4 is 29.1 Å². The number of thioether (sulfide) groups is 1. The Hall–Kier alpha value is -1.32. The Bertz CT molecular complexity index is 527. The van der Waals surface area contributed by atoms with Gasteiger partial charge in [0.05, 0.1) is 5.25 Å². The maximum absolute atomic E-state index is 12.2. The third kappa shape index (κ3) is 3.34. The smallest absolute Gasteiger partial charge is 0.175 e. The third-order valence-corrected chi connectivity index (χ3v) is 3.82. The SMILES string of the molecule is CC(Sc1ccncc1)C(=O)c1ccc(Cl)cc1. The molecule has 18 heavy (non-hydrogen) atoms. The van der Waals surface area contributed by atoms with Crippen LogP contribution in [0, 0.1) is 0 Å². The van der Waals surface area contributed by atoms with Crippen molar-refractivity contribution in [3.63, 3.8) is 0 Å². The second-order valence-corrected chi connectivity index (χ2v) is 5.66. The van der Waals surface area contributed by atoms with E-state index in [1.54, 1.807) is 36.7 Å². The molecule has 1 heterocycles. The highest BCUT2D eigenvalue weighted by Crippen LogP contribution is 2.25. The topological polar surface area (TPSA) is 30.0 Å². The van der Waals surface area contributed by atoms with Crippen molar-refractivity contribution in [3.8, 4) is 0 Å². The summed E-state index contributed by atoms with van der Waals surface area (Å²) in [5.41, 5.74) is 0.688. The molecular formula is C14H12ClNOS. The second-order valence-electron chi connectivity index (χ2n) is 3.81. The van der Waals surface area contributed by atoms with Gasteiger partial charge in [-0.05, 0) is 43.3 Å². The monoisotopic (exact) mass is 277 g/mol. The summed E-state index contributed by atoms with van der Waals surface area (Å²) in [5, 5.41) is 0.509. The van der Waals surface area contributed by atoms with E-state index >= 15 is 0 Å². The Labute approximate surface area is 115 Å². The summed E-state index contributed by atoms with van der Waals surface area (Å²) < 4.78 is 0. The van der Waals surface area contributed by atoms with Gasteiger partial charge in [0.25, 0.3) is 0 Å². The first-order valence-corrected chi connectivity index (χ1v) is 6.79. The van der Waals surface area contributed by atoms with Crippen molar-refractivity contribution in [1.82, 2.24) is 4.98 Å². The highest BCUT2D eigenvalue weighted by Gasteiger charge is 2.16. The Morgan fingerprint density at radius 2 is 1.78 bits per heavy atom. The molecule has 2 rings (SSSR count). The average molecular weight is 278 g/mol. The lowest BCUT2D eigenvalue weighted by molar-refractivity contribution is 0.0994. The lowest BCUT2D eigenvalue weighted by atomic mass is 10.1. The lowest BCUT2D eigenvalue weighted by Crippen LogP contribution is -2.13. The normalized spacial score (nSPS) is 12.1. The zero-order chi connectivity index (χ0) is 13.0. The highest BCUT2D eigenvalue weighted by molar-refractivity contribution is 8.00. The van der Waals surface area contributed by atoms with Gasteiger partial charge < -0.3 is 0 Å². The molecule has 1 aromatic heterocycles. The summed E-state index contributed by atoms with van der Waals surface area (Å²) >= 11 is 7.33. The fourth-order valence-electron chi connectivity index (χ4n) is 1.52. The minimum atomic E-state index is -0.131. The van der Waals surface area contributed by atoms with Gasteiger partial charge in [-0.15, -0.1) is 11.8 Å². The molecule has 1 aromatic carbocycles. The number of hydrogen-bond acceptors (Lipinski definition) is 3. The molecule has 4 heteroatoms. The number of halogens is 1. The van der Waals surface area contributed by atoms with Gasteiger partial charge >= 0.3 is 0 Å². The van der Waals surface area contributed by atoms with Crippen molar-refractivity contribution in [2.45, 2.75) is 17.1 Å². The van der Waals surface area contributed by atoms with Gasteiger partial charge in [-0.2, -0.15) is 0 Å². The Kier molecular flexibility index (Phi) is 4.39. The van der Waals surface area contributed by atoms with Crippen LogP contribution in [-0.4, -0.2) is 16.0 Å². The predicted molar refractivity (Wildman–Crippen MR) is 75.3 cm³/mol. The van der Waals surface area contributed by atoms with Crippen LogP contribution < -0.4 is 0 Å². The number of rotatable bonds is 4. The predicted octanol–water partition coefficient (Wildman–Crippen LogP) is 4.10. The van der Waals surface area contributed by atoms with Gasteiger partial charge in [-0.1, -0.05) is 11.6 Å². The molecule has 0 bridgehead atoms. The standard InChI is InChI=1S/C14H12ClNOS/c1-10(18-13-6-8-16-9-7-13)14(17)11-2-4-12(15)5-3-11/h2-10H,1H3. The molecule has 0 saturated carbocycles. The maximum Gasteiger partial charge on any atom is 0.175 e. The zero-order valence-corrected chi connectivity index (χ0v) is 11.4. The molecule has 0 aliphatic heterocycles. The van der Waals surface area contributed by atoms with E-state index in [9.17, 15) is 4.79 Å². The molecule has 2 aromatic rings. The lowest BCUT2D eigenvalue weighted by Gasteiger charge is -2.10. The number of carbonyl (C=O) groups excluding carboxylic acids is 1. The number of Topliss-reactive ketones (excluding diaryl/α,β-unsaturated/α-hetero) is 1. The Balaban J connectivity index is 2.07. The fourth-order valence-corrected chi connectivity index (χ4v) is 2.58. The van der Waals surface area contributed by atoms with Crippen LogP contribution in [0.15, 0.2) is 53.7 Å². The van der Waals surface area contributed by atoms with Gasteiger partial charge in [-0.3, -0.25) is 9.78 Å². The maximum atomic E-state index is 12.2. The number of aromatic nitrogens is 1. The van der Waals surface area contributed by atoms with E-state index in [1.165, 1.54) is 11.8 Å². The molecule has 92 valence electrons. The third-order valence-electron chi connectivity index (χ3n) is 2.46. The van der Waals surface area contributed by atoms with E-state index in [-0.39, 0.29) is 11.0 Å². The van der Waals surface area contributed by atoms with Crippen LogP contribution in [0.3, 0.4) is 0 Å². The first kappa shape index (κ1) is 13.1. The number of hydrogen-bond donors (Lipinski definition) is 0. The minimum Gasteiger partial charge on any atom is -0.293 e. The van der Waals surface area contributed by atoms with Gasteiger partial charge in [0, 0.05) is 27.9 Å². The van der Waals surface area contributed by atoms with Crippen LogP contribution in [0.5, 0.6) is 0 Å². The van der Waals surface area contributed by atoms with Gasteiger partial charge in [0.2, 0.25) is 0 Å². The second kappa shape index (κ2) is 6.03. The summed E-state index contributed by atoms with van der Waals surface area (Å²) in [7, 11) is 0. The van der Waals surface area contributed by atoms with Gasteiger partial charge in [0.1, 0.15) is 0 Å². The van der Waals surface area contributed by atoms with Crippen LogP contribution in [0.2, 0.25) is 5.02 Å². The molecule has 0 saturated heterocycles. The van der Waals surface area contributed by atoms with E-state index in [0.29, 0.717) is 10.6 Å². The summed E-state index contributed by atoms with van der Waals surface area (Å²) in [4.78, 5) is 17.2. The number of carbonyl (C=O) groups is 1. The van der Waals surface area contributed by atoms with Crippen molar-refractivity contribution in [1.29, 1.82) is 0 Å². The molecule has 0 N–H and O–H groups in total. The summed E-state index contributed by atoms with van der Waals surface area (Å²) in [6.45, 7) is 1.90. The average Bonchev–Trinajstić information content (AvgIpc) is 2.40. The molecular weight excluding hydrogens is 266 g/mol. The van der Waals surface area contributed by atoms with Gasteiger partial charge in [-0.25, -0.2) is 0 Å². The first-order valence-electron chi connectivity index (χ1n) is 5.53. The van der Waals surface area contributed by atoms with Crippen LogP contribution in [0.4, 0.5) is 0 Å². The summed E-state index contributed by atoms with van der Waals surface area (Å²) in [5.74, 6) is 0.105. The molecule has 0 aliphatic carbocycles.